The number of carboxylic acids is 1. The molecule has 2 aliphatic heterocycles. The third-order valence-corrected chi connectivity index (χ3v) is 8.71. The van der Waals surface area contributed by atoms with Gasteiger partial charge >= 0.3 is 5.97 Å². The number of likely N-dealkylation sites (N-methyl/N-ethyl adjacent to an activating group) is 1. The maximum atomic E-state index is 15.6. The highest BCUT2D eigenvalue weighted by Crippen LogP contribution is 2.52. The van der Waals surface area contributed by atoms with Gasteiger partial charge in [-0.1, -0.05) is 0 Å². The Bertz CT molecular complexity index is 1840. The van der Waals surface area contributed by atoms with Crippen LogP contribution in [0.5, 0.6) is 0 Å². The number of likely N-dealkylation sites (tertiary alicyclic amines) is 1. The molecule has 0 spiro atoms. The number of nitrogens with one attached hydrogen (secondary N) is 1. The third-order valence-electron chi connectivity index (χ3n) is 8.71. The summed E-state index contributed by atoms with van der Waals surface area (Å²) in [7, 11) is 5.39. The Morgan fingerprint density at radius 1 is 1.12 bits per heavy atom. The number of carbonyl (C=O) groups is 1. The van der Waals surface area contributed by atoms with Crippen molar-refractivity contribution in [2.24, 2.45) is 7.05 Å². The van der Waals surface area contributed by atoms with E-state index in [1.165, 1.54) is 16.8 Å². The van der Waals surface area contributed by atoms with Gasteiger partial charge in [0.05, 0.1) is 22.8 Å². The normalized spacial score (nSPS) is 19.4. The number of rotatable bonds is 4. The Labute approximate surface area is 227 Å². The summed E-state index contributed by atoms with van der Waals surface area (Å²) in [4.78, 5) is 38.6. The minimum Gasteiger partial charge on any atom is -0.477 e. The molecule has 11 heteroatoms. The van der Waals surface area contributed by atoms with Crippen molar-refractivity contribution in [3.63, 3.8) is 0 Å². The first-order chi connectivity index (χ1) is 19.2. The number of halogens is 2. The molecule has 3 aromatic heterocycles. The van der Waals surface area contributed by atoms with Crippen molar-refractivity contribution < 1.29 is 18.7 Å². The van der Waals surface area contributed by atoms with Crippen molar-refractivity contribution in [2.75, 3.05) is 37.4 Å². The van der Waals surface area contributed by atoms with Gasteiger partial charge in [0.15, 0.2) is 11.6 Å². The number of aryl methyl sites for hydroxylation is 1. The van der Waals surface area contributed by atoms with E-state index in [4.69, 9.17) is 4.98 Å². The van der Waals surface area contributed by atoms with Crippen LogP contribution < -0.4 is 15.6 Å². The molecule has 2 saturated heterocycles. The smallest absolute Gasteiger partial charge is 0.341 e. The summed E-state index contributed by atoms with van der Waals surface area (Å²) >= 11 is 0. The third kappa shape index (κ3) is 3.27. The second-order valence-electron chi connectivity index (χ2n) is 10.8. The predicted molar refractivity (Wildman–Crippen MR) is 147 cm³/mol. The van der Waals surface area contributed by atoms with E-state index < -0.39 is 23.0 Å². The first kappa shape index (κ1) is 24.6. The monoisotopic (exact) mass is 544 g/mol. The lowest BCUT2D eigenvalue weighted by Gasteiger charge is -2.46. The molecule has 2 atom stereocenters. The van der Waals surface area contributed by atoms with E-state index in [1.807, 2.05) is 0 Å². The zero-order valence-corrected chi connectivity index (χ0v) is 22.1. The van der Waals surface area contributed by atoms with Gasteiger partial charge in [0.1, 0.15) is 11.2 Å². The number of hydrogen-bond donors (Lipinski definition) is 2. The molecule has 0 amide bonds. The minimum atomic E-state index is -1.32. The molecule has 4 aromatic rings. The molecule has 204 valence electrons. The Hall–Kier alpha value is -4.38. The lowest BCUT2D eigenvalue weighted by molar-refractivity contribution is 0.0695. The molecule has 0 saturated carbocycles. The molecule has 1 unspecified atom stereocenters. The van der Waals surface area contributed by atoms with Crippen LogP contribution in [0.25, 0.3) is 33.3 Å². The highest BCUT2D eigenvalue weighted by atomic mass is 19.2. The molecule has 2 N–H and O–H groups in total. The van der Waals surface area contributed by atoms with E-state index in [-0.39, 0.29) is 22.6 Å². The molecule has 2 fully saturated rings. The molecule has 40 heavy (non-hydrogen) atoms. The van der Waals surface area contributed by atoms with Crippen molar-refractivity contribution in [3.8, 4) is 22.3 Å². The summed E-state index contributed by atoms with van der Waals surface area (Å²) in [6.07, 6.45) is 5.86. The van der Waals surface area contributed by atoms with E-state index in [0.29, 0.717) is 51.7 Å². The zero-order chi connectivity index (χ0) is 28.0. The van der Waals surface area contributed by atoms with Crippen LogP contribution in [0, 0.1) is 11.6 Å². The van der Waals surface area contributed by atoms with E-state index in [1.54, 1.807) is 32.6 Å². The van der Waals surface area contributed by atoms with Crippen LogP contribution >= 0.6 is 0 Å². The van der Waals surface area contributed by atoms with Gasteiger partial charge in [0, 0.05) is 92.2 Å². The number of benzene rings is 1. The van der Waals surface area contributed by atoms with Gasteiger partial charge < -0.3 is 19.9 Å². The van der Waals surface area contributed by atoms with Gasteiger partial charge in [-0.05, 0) is 25.1 Å². The quantitative estimate of drug-likeness (QED) is 0.355. The Morgan fingerprint density at radius 2 is 1.93 bits per heavy atom. The molecule has 3 aliphatic rings. The molecular formula is C29H26F2N6O3. The van der Waals surface area contributed by atoms with Crippen molar-refractivity contribution in [3.05, 3.63) is 69.4 Å². The molecular weight excluding hydrogens is 518 g/mol. The second-order valence-corrected chi connectivity index (χ2v) is 10.8. The summed E-state index contributed by atoms with van der Waals surface area (Å²) in [5.41, 5.74) is 3.86. The largest absolute Gasteiger partial charge is 0.477 e. The Morgan fingerprint density at radius 3 is 2.62 bits per heavy atom. The van der Waals surface area contributed by atoms with Crippen molar-refractivity contribution in [2.45, 2.75) is 24.9 Å². The molecule has 7 rings (SSSR count). The molecule has 1 aliphatic carbocycles. The summed E-state index contributed by atoms with van der Waals surface area (Å²) in [6.45, 7) is 1.56. The maximum absolute atomic E-state index is 15.6. The highest BCUT2D eigenvalue weighted by molar-refractivity contribution is 5.99. The first-order valence-corrected chi connectivity index (χ1v) is 13.1. The average molecular weight is 545 g/mol. The van der Waals surface area contributed by atoms with Crippen LogP contribution in [0.2, 0.25) is 0 Å². The average Bonchev–Trinajstić information content (AvgIpc) is 3.49. The van der Waals surface area contributed by atoms with Gasteiger partial charge in [-0.15, -0.1) is 0 Å². The Kier molecular flexibility index (Phi) is 5.27. The van der Waals surface area contributed by atoms with Crippen molar-refractivity contribution in [1.29, 1.82) is 0 Å². The van der Waals surface area contributed by atoms with E-state index >= 15 is 4.39 Å². The molecule has 1 aromatic carbocycles. The van der Waals surface area contributed by atoms with Gasteiger partial charge in [-0.2, -0.15) is 0 Å². The van der Waals surface area contributed by atoms with E-state index in [9.17, 15) is 19.1 Å². The molecule has 0 bridgehead atoms. The second kappa shape index (κ2) is 8.56. The van der Waals surface area contributed by atoms with Gasteiger partial charge in [0.25, 0.3) is 0 Å². The number of hydrogen-bond acceptors (Lipinski definition) is 7. The topological polar surface area (TPSA) is 104 Å². The van der Waals surface area contributed by atoms with E-state index in [0.717, 1.165) is 25.2 Å². The SMILES string of the molecule is CNc1cc(F)c(F)c2c1Cc1ncc(-c3cnc4c(c3)c(=O)c(C(=O)O)cn4C)c(N3CC[C@@H]4C3CN4C)c1-2. The fourth-order valence-electron chi connectivity index (χ4n) is 6.75. The predicted octanol–water partition coefficient (Wildman–Crippen LogP) is 3.48. The molecule has 0 radical (unpaired) electrons. The lowest BCUT2D eigenvalue weighted by atomic mass is 9.94. The zero-order valence-electron chi connectivity index (χ0n) is 22.1. The Balaban J connectivity index is 1.52. The molecule has 5 heterocycles. The minimum absolute atomic E-state index is 0.157. The number of aromatic nitrogens is 3. The summed E-state index contributed by atoms with van der Waals surface area (Å²) in [6, 6.07) is 3.35. The van der Waals surface area contributed by atoms with Gasteiger partial charge in [0.2, 0.25) is 5.43 Å². The number of pyridine rings is 3. The standard InChI is InChI=1S/C29H26F2N6O3/c1-32-19-8-18(30)25(31)23-14(19)7-20-24(23)26(37-5-4-21-22(37)12-35(21)2)16(10-33-20)13-6-15-27(38)17(29(39)40)11-36(3)28(15)34-9-13/h6,8-11,21-22,32H,4-5,7,12H2,1-3H3,(H,39,40)/t21-,22?/m1/s1. The number of anilines is 2. The number of carboxylic acid groups (broad SMARTS) is 1. The van der Waals surface area contributed by atoms with Crippen LogP contribution in [0.3, 0.4) is 0 Å². The van der Waals surface area contributed by atoms with Crippen LogP contribution in [-0.4, -0.2) is 69.8 Å². The summed E-state index contributed by atoms with van der Waals surface area (Å²) in [5.74, 6) is -3.17. The highest BCUT2D eigenvalue weighted by Gasteiger charge is 2.47. The van der Waals surface area contributed by atoms with Crippen LogP contribution in [0.1, 0.15) is 28.0 Å². The molecule has 9 nitrogen and oxygen atoms in total. The summed E-state index contributed by atoms with van der Waals surface area (Å²) in [5, 5.41) is 12.7. The van der Waals surface area contributed by atoms with Crippen LogP contribution in [-0.2, 0) is 13.5 Å². The van der Waals surface area contributed by atoms with Gasteiger partial charge in [-0.25, -0.2) is 18.6 Å². The van der Waals surface area contributed by atoms with Gasteiger partial charge in [-0.3, -0.25) is 14.7 Å². The van der Waals surface area contributed by atoms with Crippen molar-refractivity contribution >= 4 is 28.4 Å². The first-order valence-electron chi connectivity index (χ1n) is 13.1. The maximum Gasteiger partial charge on any atom is 0.341 e. The fraction of sp³-hybridized carbons (Fsp3) is 0.310. The van der Waals surface area contributed by atoms with E-state index in [2.05, 4.69) is 27.1 Å². The lowest BCUT2D eigenvalue weighted by Crippen LogP contribution is -2.60. The number of nitrogens with zero attached hydrogens (tertiary/aromatic N) is 5. The number of fused-ring (bicyclic) bond motifs is 5. The fourth-order valence-corrected chi connectivity index (χ4v) is 6.75. The van der Waals surface area contributed by atoms with Crippen LogP contribution in [0.4, 0.5) is 20.2 Å². The number of aromatic carboxylic acids is 1. The van der Waals surface area contributed by atoms with Crippen molar-refractivity contribution in [1.82, 2.24) is 19.4 Å². The van der Waals surface area contributed by atoms with Crippen LogP contribution in [0.15, 0.2) is 35.5 Å². The summed E-state index contributed by atoms with van der Waals surface area (Å²) < 4.78 is 32.0.